The predicted molar refractivity (Wildman–Crippen MR) is 72.9 cm³/mol. The highest BCUT2D eigenvalue weighted by molar-refractivity contribution is 5.51. The zero-order chi connectivity index (χ0) is 12.3. The molecule has 0 radical (unpaired) electrons. The minimum atomic E-state index is 0.203. The Bertz CT molecular complexity index is 343. The van der Waals surface area contributed by atoms with E-state index < -0.39 is 0 Å². The van der Waals surface area contributed by atoms with Crippen LogP contribution in [0.3, 0.4) is 0 Å². The highest BCUT2D eigenvalue weighted by atomic mass is 14.6. The SMILES string of the molecule is CCC(CC)c1cc(C(C)(C)C)ccc1N. The normalized spacial score (nSPS) is 12.1. The summed E-state index contributed by atoms with van der Waals surface area (Å²) in [6, 6.07) is 6.52. The average Bonchev–Trinajstić information content (AvgIpc) is 2.20. The summed E-state index contributed by atoms with van der Waals surface area (Å²) in [4.78, 5) is 0. The predicted octanol–water partition coefficient (Wildman–Crippen LogP) is 4.47. The molecule has 0 aliphatic heterocycles. The maximum Gasteiger partial charge on any atom is 0.0349 e. The molecule has 0 atom stereocenters. The van der Waals surface area contributed by atoms with Crippen LogP contribution < -0.4 is 5.73 Å². The van der Waals surface area contributed by atoms with Crippen LogP contribution in [-0.4, -0.2) is 0 Å². The minimum Gasteiger partial charge on any atom is -0.398 e. The lowest BCUT2D eigenvalue weighted by molar-refractivity contribution is 0.584. The molecule has 1 heteroatoms. The Morgan fingerprint density at radius 1 is 1.12 bits per heavy atom. The molecule has 0 saturated heterocycles. The topological polar surface area (TPSA) is 26.0 Å². The highest BCUT2D eigenvalue weighted by Crippen LogP contribution is 2.32. The van der Waals surface area contributed by atoms with Gasteiger partial charge in [-0.3, -0.25) is 0 Å². The van der Waals surface area contributed by atoms with E-state index in [2.05, 4.69) is 52.8 Å². The Labute approximate surface area is 100 Å². The van der Waals surface area contributed by atoms with Gasteiger partial charge in [0.15, 0.2) is 0 Å². The van der Waals surface area contributed by atoms with Crippen LogP contribution in [0.5, 0.6) is 0 Å². The molecule has 1 nitrogen and oxygen atoms in total. The van der Waals surface area contributed by atoms with Crippen LogP contribution in [0, 0.1) is 0 Å². The van der Waals surface area contributed by atoms with E-state index in [0.717, 1.165) is 18.5 Å². The molecule has 90 valence electrons. The Morgan fingerprint density at radius 2 is 1.69 bits per heavy atom. The smallest absolute Gasteiger partial charge is 0.0349 e. The highest BCUT2D eigenvalue weighted by Gasteiger charge is 2.17. The summed E-state index contributed by atoms with van der Waals surface area (Å²) >= 11 is 0. The largest absolute Gasteiger partial charge is 0.398 e. The standard InChI is InChI=1S/C15H25N/c1-6-11(7-2)13-10-12(15(3,4)5)8-9-14(13)16/h8-11H,6-7,16H2,1-5H3. The van der Waals surface area contributed by atoms with E-state index in [4.69, 9.17) is 5.73 Å². The third-order valence-electron chi connectivity index (χ3n) is 3.38. The number of hydrogen-bond acceptors (Lipinski definition) is 1. The van der Waals surface area contributed by atoms with Crippen molar-refractivity contribution in [3.63, 3.8) is 0 Å². The lowest BCUT2D eigenvalue weighted by atomic mass is 9.83. The Kier molecular flexibility index (Phi) is 4.01. The summed E-state index contributed by atoms with van der Waals surface area (Å²) in [6.07, 6.45) is 2.32. The van der Waals surface area contributed by atoms with E-state index in [0.29, 0.717) is 5.92 Å². The Balaban J connectivity index is 3.18. The fraction of sp³-hybridized carbons (Fsp3) is 0.600. The second-order valence-corrected chi connectivity index (χ2v) is 5.61. The lowest BCUT2D eigenvalue weighted by Gasteiger charge is -2.23. The van der Waals surface area contributed by atoms with Crippen LogP contribution in [0.25, 0.3) is 0 Å². The first kappa shape index (κ1) is 13.1. The summed E-state index contributed by atoms with van der Waals surface area (Å²) in [7, 11) is 0. The molecule has 16 heavy (non-hydrogen) atoms. The molecular formula is C15H25N. The molecule has 0 bridgehead atoms. The van der Waals surface area contributed by atoms with E-state index in [9.17, 15) is 0 Å². The Hall–Kier alpha value is -0.980. The number of hydrogen-bond donors (Lipinski definition) is 1. The van der Waals surface area contributed by atoms with Gasteiger partial charge in [0, 0.05) is 5.69 Å². The first-order chi connectivity index (χ1) is 7.40. The van der Waals surface area contributed by atoms with E-state index in [-0.39, 0.29) is 5.41 Å². The van der Waals surface area contributed by atoms with Gasteiger partial charge in [-0.2, -0.15) is 0 Å². The fourth-order valence-corrected chi connectivity index (χ4v) is 2.12. The van der Waals surface area contributed by atoms with Gasteiger partial charge in [-0.05, 0) is 41.4 Å². The molecule has 1 aromatic carbocycles. The van der Waals surface area contributed by atoms with Crippen molar-refractivity contribution in [3.05, 3.63) is 29.3 Å². The first-order valence-electron chi connectivity index (χ1n) is 6.30. The molecule has 1 rings (SSSR count). The second kappa shape index (κ2) is 4.90. The monoisotopic (exact) mass is 219 g/mol. The second-order valence-electron chi connectivity index (χ2n) is 5.61. The van der Waals surface area contributed by atoms with Crippen LogP contribution in [0.4, 0.5) is 5.69 Å². The van der Waals surface area contributed by atoms with Crippen molar-refractivity contribution >= 4 is 5.69 Å². The van der Waals surface area contributed by atoms with Crippen LogP contribution in [0.1, 0.15) is 64.5 Å². The van der Waals surface area contributed by atoms with Crippen LogP contribution in [-0.2, 0) is 5.41 Å². The lowest BCUT2D eigenvalue weighted by Crippen LogP contribution is -2.13. The number of rotatable bonds is 3. The molecule has 1 aromatic rings. The van der Waals surface area contributed by atoms with Gasteiger partial charge < -0.3 is 5.73 Å². The zero-order valence-electron chi connectivity index (χ0n) is 11.3. The molecule has 0 spiro atoms. The van der Waals surface area contributed by atoms with Crippen molar-refractivity contribution < 1.29 is 0 Å². The van der Waals surface area contributed by atoms with E-state index in [1.807, 2.05) is 0 Å². The van der Waals surface area contributed by atoms with E-state index in [1.165, 1.54) is 11.1 Å². The molecule has 0 aromatic heterocycles. The van der Waals surface area contributed by atoms with Gasteiger partial charge >= 0.3 is 0 Å². The minimum absolute atomic E-state index is 0.203. The molecular weight excluding hydrogens is 194 g/mol. The molecule has 0 heterocycles. The van der Waals surface area contributed by atoms with Gasteiger partial charge in [0.2, 0.25) is 0 Å². The molecule has 0 aliphatic rings. The summed E-state index contributed by atoms with van der Waals surface area (Å²) in [5, 5.41) is 0. The van der Waals surface area contributed by atoms with Crippen molar-refractivity contribution in [1.82, 2.24) is 0 Å². The maximum absolute atomic E-state index is 6.08. The summed E-state index contributed by atoms with van der Waals surface area (Å²) in [6.45, 7) is 11.2. The fourth-order valence-electron chi connectivity index (χ4n) is 2.12. The summed E-state index contributed by atoms with van der Waals surface area (Å²) in [5.74, 6) is 0.599. The van der Waals surface area contributed by atoms with Crippen LogP contribution in [0.15, 0.2) is 18.2 Å². The van der Waals surface area contributed by atoms with Crippen LogP contribution >= 0.6 is 0 Å². The molecule has 0 saturated carbocycles. The molecule has 0 amide bonds. The van der Waals surface area contributed by atoms with Crippen molar-refractivity contribution in [2.24, 2.45) is 0 Å². The van der Waals surface area contributed by atoms with Gasteiger partial charge in [-0.1, -0.05) is 46.8 Å². The number of nitrogen functional groups attached to an aromatic ring is 1. The van der Waals surface area contributed by atoms with E-state index >= 15 is 0 Å². The quantitative estimate of drug-likeness (QED) is 0.746. The van der Waals surface area contributed by atoms with Crippen LogP contribution in [0.2, 0.25) is 0 Å². The molecule has 0 unspecified atom stereocenters. The van der Waals surface area contributed by atoms with Gasteiger partial charge in [-0.25, -0.2) is 0 Å². The van der Waals surface area contributed by atoms with Gasteiger partial charge in [0.05, 0.1) is 0 Å². The van der Waals surface area contributed by atoms with Crippen molar-refractivity contribution in [3.8, 4) is 0 Å². The summed E-state index contributed by atoms with van der Waals surface area (Å²) in [5.41, 5.74) is 9.94. The third-order valence-corrected chi connectivity index (χ3v) is 3.38. The molecule has 0 fully saturated rings. The van der Waals surface area contributed by atoms with Crippen molar-refractivity contribution in [1.29, 1.82) is 0 Å². The summed E-state index contributed by atoms with van der Waals surface area (Å²) < 4.78 is 0. The van der Waals surface area contributed by atoms with Crippen molar-refractivity contribution in [2.75, 3.05) is 5.73 Å². The molecule has 0 aliphatic carbocycles. The van der Waals surface area contributed by atoms with Gasteiger partial charge in [0.1, 0.15) is 0 Å². The zero-order valence-corrected chi connectivity index (χ0v) is 11.3. The number of benzene rings is 1. The number of anilines is 1. The Morgan fingerprint density at radius 3 is 2.12 bits per heavy atom. The van der Waals surface area contributed by atoms with E-state index in [1.54, 1.807) is 0 Å². The third kappa shape index (κ3) is 2.78. The van der Waals surface area contributed by atoms with Gasteiger partial charge in [-0.15, -0.1) is 0 Å². The molecule has 2 N–H and O–H groups in total. The first-order valence-corrected chi connectivity index (χ1v) is 6.30. The van der Waals surface area contributed by atoms with Crippen molar-refractivity contribution in [2.45, 2.75) is 58.8 Å². The average molecular weight is 219 g/mol. The maximum atomic E-state index is 6.08. The van der Waals surface area contributed by atoms with Gasteiger partial charge in [0.25, 0.3) is 0 Å². The number of nitrogens with two attached hydrogens (primary N) is 1.